The number of hydrogen-bond donors (Lipinski definition) is 2. The molecule has 0 bridgehead atoms. The minimum absolute atomic E-state index is 0.512. The topological polar surface area (TPSA) is 61.3 Å². The van der Waals surface area contributed by atoms with Gasteiger partial charge in [-0.2, -0.15) is 5.90 Å². The van der Waals surface area contributed by atoms with Gasteiger partial charge >= 0.3 is 0 Å². The Morgan fingerprint density at radius 3 is 2.60 bits per heavy atom. The summed E-state index contributed by atoms with van der Waals surface area (Å²) in [6, 6.07) is 1.83. The molecule has 0 atom stereocenters. The van der Waals surface area contributed by atoms with Crippen LogP contribution in [0.3, 0.4) is 0 Å². The highest BCUT2D eigenvalue weighted by Gasteiger charge is 2.10. The maximum absolute atomic E-state index is 5.81. The maximum Gasteiger partial charge on any atom is 0.173 e. The number of hydrogen-bond acceptors (Lipinski definition) is 3. The molecule has 80 valence electrons. The second-order valence-corrected chi connectivity index (χ2v) is 3.24. The molecule has 0 unspecified atom stereocenters. The number of anilines is 1. The molecule has 4 N–H and O–H groups in total. The first kappa shape index (κ1) is 11.3. The Bertz CT molecular complexity index is 409. The van der Waals surface area contributed by atoms with E-state index in [1.54, 1.807) is 6.08 Å². The summed E-state index contributed by atoms with van der Waals surface area (Å²) >= 11 is 0. The van der Waals surface area contributed by atoms with E-state index in [1.165, 1.54) is 0 Å². The fourth-order valence-electron chi connectivity index (χ4n) is 1.61. The number of nitrogen functional groups attached to an aromatic ring is 1. The Kier molecular flexibility index (Phi) is 3.52. The molecule has 0 fully saturated rings. The molecule has 0 spiro atoms. The predicted octanol–water partition coefficient (Wildman–Crippen LogP) is 2.51. The Morgan fingerprint density at radius 2 is 2.13 bits per heavy atom. The lowest BCUT2D eigenvalue weighted by Crippen LogP contribution is -2.07. The van der Waals surface area contributed by atoms with Crippen LogP contribution in [0.2, 0.25) is 0 Å². The average Bonchev–Trinajstić information content (AvgIpc) is 2.19. The highest BCUT2D eigenvalue weighted by atomic mass is 16.6. The molecule has 3 heteroatoms. The largest absolute Gasteiger partial charge is 0.409 e. The van der Waals surface area contributed by atoms with Crippen molar-refractivity contribution < 1.29 is 4.84 Å². The lowest BCUT2D eigenvalue weighted by atomic mass is 9.99. The van der Waals surface area contributed by atoms with Crippen molar-refractivity contribution >= 4 is 17.8 Å². The van der Waals surface area contributed by atoms with E-state index >= 15 is 0 Å². The summed E-state index contributed by atoms with van der Waals surface area (Å²) in [5, 5.41) is 0. The van der Waals surface area contributed by atoms with Crippen LogP contribution < -0.4 is 16.5 Å². The molecule has 0 aromatic heterocycles. The third-order valence-corrected chi connectivity index (χ3v) is 2.30. The van der Waals surface area contributed by atoms with Crippen LogP contribution in [0.1, 0.15) is 23.6 Å². The van der Waals surface area contributed by atoms with Crippen molar-refractivity contribution in [3.05, 3.63) is 35.4 Å². The molecular formula is C12H16N2O. The summed E-state index contributed by atoms with van der Waals surface area (Å²) < 4.78 is 0. The number of benzene rings is 1. The molecule has 0 aliphatic rings. The van der Waals surface area contributed by atoms with E-state index in [-0.39, 0.29) is 0 Å². The van der Waals surface area contributed by atoms with Crippen molar-refractivity contribution in [2.75, 3.05) is 5.73 Å². The second kappa shape index (κ2) is 4.66. The Morgan fingerprint density at radius 1 is 1.47 bits per heavy atom. The zero-order valence-corrected chi connectivity index (χ0v) is 9.08. The van der Waals surface area contributed by atoms with Crippen LogP contribution in [0, 0.1) is 6.92 Å². The van der Waals surface area contributed by atoms with Crippen LogP contribution >= 0.6 is 0 Å². The molecule has 0 aliphatic carbocycles. The lowest BCUT2D eigenvalue weighted by Gasteiger charge is -2.12. The standard InChI is InChI=1S/C12H16N2O/c1-4-6-9-7-11(13)12(15-14)8(3)10(9)5-2/h4-7H,2,13-14H2,1,3H3/b6-4-. The minimum Gasteiger partial charge on any atom is -0.409 e. The third kappa shape index (κ3) is 2.02. The van der Waals surface area contributed by atoms with Gasteiger partial charge in [0.25, 0.3) is 0 Å². The first-order chi connectivity index (χ1) is 7.15. The van der Waals surface area contributed by atoms with Crippen LogP contribution in [0.5, 0.6) is 5.75 Å². The molecular weight excluding hydrogens is 188 g/mol. The van der Waals surface area contributed by atoms with E-state index in [4.69, 9.17) is 16.5 Å². The molecule has 0 radical (unpaired) electrons. The minimum atomic E-state index is 0.512. The molecule has 0 saturated carbocycles. The van der Waals surface area contributed by atoms with Crippen molar-refractivity contribution in [3.8, 4) is 5.75 Å². The van der Waals surface area contributed by atoms with Gasteiger partial charge in [0.2, 0.25) is 0 Å². The second-order valence-electron chi connectivity index (χ2n) is 3.24. The Labute approximate surface area is 90.0 Å². The number of allylic oxidation sites excluding steroid dienone is 1. The molecule has 0 saturated heterocycles. The van der Waals surface area contributed by atoms with E-state index in [0.29, 0.717) is 11.4 Å². The van der Waals surface area contributed by atoms with E-state index in [9.17, 15) is 0 Å². The lowest BCUT2D eigenvalue weighted by molar-refractivity contribution is 0.334. The van der Waals surface area contributed by atoms with E-state index in [0.717, 1.165) is 16.7 Å². The van der Waals surface area contributed by atoms with E-state index in [1.807, 2.05) is 32.1 Å². The first-order valence-electron chi connectivity index (χ1n) is 4.70. The summed E-state index contributed by atoms with van der Waals surface area (Å²) in [6.45, 7) is 7.62. The summed E-state index contributed by atoms with van der Waals surface area (Å²) in [6.07, 6.45) is 5.69. The van der Waals surface area contributed by atoms with Gasteiger partial charge in [-0.05, 0) is 31.0 Å². The van der Waals surface area contributed by atoms with Gasteiger partial charge in [0, 0.05) is 5.56 Å². The van der Waals surface area contributed by atoms with Gasteiger partial charge in [-0.3, -0.25) is 0 Å². The van der Waals surface area contributed by atoms with Gasteiger partial charge in [0.05, 0.1) is 5.69 Å². The molecule has 0 heterocycles. The highest BCUT2D eigenvalue weighted by molar-refractivity contribution is 5.75. The summed E-state index contributed by atoms with van der Waals surface area (Å²) in [7, 11) is 0. The van der Waals surface area contributed by atoms with Crippen LogP contribution in [0.4, 0.5) is 5.69 Å². The number of nitrogens with two attached hydrogens (primary N) is 2. The fourth-order valence-corrected chi connectivity index (χ4v) is 1.61. The van der Waals surface area contributed by atoms with Crippen molar-refractivity contribution in [2.24, 2.45) is 5.90 Å². The molecule has 0 aliphatic heterocycles. The highest BCUT2D eigenvalue weighted by Crippen LogP contribution is 2.32. The molecule has 1 aromatic carbocycles. The van der Waals surface area contributed by atoms with E-state index in [2.05, 4.69) is 6.58 Å². The zero-order chi connectivity index (χ0) is 11.4. The van der Waals surface area contributed by atoms with Crippen molar-refractivity contribution in [2.45, 2.75) is 13.8 Å². The molecule has 1 rings (SSSR count). The summed E-state index contributed by atoms with van der Waals surface area (Å²) in [4.78, 5) is 4.75. The molecule has 3 nitrogen and oxygen atoms in total. The van der Waals surface area contributed by atoms with Crippen molar-refractivity contribution in [1.82, 2.24) is 0 Å². The monoisotopic (exact) mass is 204 g/mol. The maximum atomic E-state index is 5.81. The van der Waals surface area contributed by atoms with Crippen molar-refractivity contribution in [3.63, 3.8) is 0 Å². The van der Waals surface area contributed by atoms with Crippen molar-refractivity contribution in [1.29, 1.82) is 0 Å². The molecule has 1 aromatic rings. The third-order valence-electron chi connectivity index (χ3n) is 2.30. The predicted molar refractivity (Wildman–Crippen MR) is 65.2 cm³/mol. The van der Waals surface area contributed by atoms with Crippen LogP contribution in [-0.2, 0) is 0 Å². The van der Waals surface area contributed by atoms with Crippen LogP contribution in [-0.4, -0.2) is 0 Å². The van der Waals surface area contributed by atoms with Crippen LogP contribution in [0.25, 0.3) is 12.2 Å². The molecule has 15 heavy (non-hydrogen) atoms. The van der Waals surface area contributed by atoms with Gasteiger partial charge < -0.3 is 10.6 Å². The van der Waals surface area contributed by atoms with Gasteiger partial charge in [0.15, 0.2) is 5.75 Å². The van der Waals surface area contributed by atoms with Gasteiger partial charge in [0.1, 0.15) is 0 Å². The SMILES string of the molecule is C=Cc1c(/C=C\C)cc(N)c(ON)c1C. The number of rotatable bonds is 3. The Hall–Kier alpha value is -1.74. The Balaban J connectivity index is 3.50. The quantitative estimate of drug-likeness (QED) is 0.587. The van der Waals surface area contributed by atoms with Gasteiger partial charge in [-0.25, -0.2) is 0 Å². The van der Waals surface area contributed by atoms with E-state index < -0.39 is 0 Å². The van der Waals surface area contributed by atoms with Crippen LogP contribution in [0.15, 0.2) is 18.7 Å². The molecule has 0 amide bonds. The summed E-state index contributed by atoms with van der Waals surface area (Å²) in [5.74, 6) is 5.68. The van der Waals surface area contributed by atoms with Gasteiger partial charge in [-0.1, -0.05) is 24.8 Å². The first-order valence-corrected chi connectivity index (χ1v) is 4.70. The zero-order valence-electron chi connectivity index (χ0n) is 9.08. The fraction of sp³-hybridized carbons (Fsp3) is 0.167. The normalized spacial score (nSPS) is 10.6. The average molecular weight is 204 g/mol. The smallest absolute Gasteiger partial charge is 0.173 e. The van der Waals surface area contributed by atoms with Gasteiger partial charge in [-0.15, -0.1) is 0 Å². The summed E-state index contributed by atoms with van der Waals surface area (Å²) in [5.41, 5.74) is 9.26.